The molecule has 0 radical (unpaired) electrons. The molecular formula is C33H26N6O8. The Morgan fingerprint density at radius 2 is 0.957 bits per heavy atom. The van der Waals surface area contributed by atoms with Crippen molar-refractivity contribution >= 4 is 69.4 Å². The standard InChI is InChI=1S/C33H26N6O8/c40-18-36(10-12-38-30(42)24-6-1-4-20-14-22(34-46)16-26(28(20)24)32(38)44)8-3-9-37(19-41)11-13-39-31(43)25-7-2-5-21-15-23(35-47)17-27(29(21)25)33(39)45/h1-2,4-7,14-19H,3,8-13H2. The maximum atomic E-state index is 13.3. The molecule has 0 atom stereocenters. The van der Waals surface area contributed by atoms with E-state index < -0.39 is 23.6 Å². The highest BCUT2D eigenvalue weighted by Gasteiger charge is 2.34. The molecule has 0 spiro atoms. The molecule has 47 heavy (non-hydrogen) atoms. The van der Waals surface area contributed by atoms with Crippen LogP contribution in [0.2, 0.25) is 0 Å². The van der Waals surface area contributed by atoms with E-state index in [2.05, 4.69) is 10.4 Å². The van der Waals surface area contributed by atoms with Gasteiger partial charge in [0.15, 0.2) is 0 Å². The lowest BCUT2D eigenvalue weighted by molar-refractivity contribution is -0.119. The van der Waals surface area contributed by atoms with E-state index in [-0.39, 0.29) is 61.8 Å². The van der Waals surface area contributed by atoms with Gasteiger partial charge in [-0.25, -0.2) is 0 Å². The molecule has 2 heterocycles. The Balaban J connectivity index is 1.05. The maximum Gasteiger partial charge on any atom is 0.261 e. The number of amides is 6. The van der Waals surface area contributed by atoms with Gasteiger partial charge in [-0.15, -0.1) is 9.81 Å². The van der Waals surface area contributed by atoms with E-state index in [0.717, 1.165) is 9.80 Å². The predicted molar refractivity (Wildman–Crippen MR) is 169 cm³/mol. The molecular weight excluding hydrogens is 608 g/mol. The molecule has 0 saturated heterocycles. The van der Waals surface area contributed by atoms with Crippen LogP contribution >= 0.6 is 0 Å². The summed E-state index contributed by atoms with van der Waals surface area (Å²) in [7, 11) is 0. The van der Waals surface area contributed by atoms with Crippen molar-refractivity contribution in [3.05, 3.63) is 92.7 Å². The number of hydrogen-bond acceptors (Lipinski definition) is 10. The van der Waals surface area contributed by atoms with E-state index in [9.17, 15) is 38.6 Å². The van der Waals surface area contributed by atoms with E-state index in [1.807, 2.05) is 0 Å². The lowest BCUT2D eigenvalue weighted by Crippen LogP contribution is -2.45. The van der Waals surface area contributed by atoms with Crippen molar-refractivity contribution in [2.24, 2.45) is 10.4 Å². The fraction of sp³-hybridized carbons (Fsp3) is 0.212. The number of hydrogen-bond donors (Lipinski definition) is 0. The van der Waals surface area contributed by atoms with Gasteiger partial charge in [-0.2, -0.15) is 0 Å². The van der Waals surface area contributed by atoms with Crippen LogP contribution in [0, 0.1) is 9.81 Å². The Morgan fingerprint density at radius 3 is 1.34 bits per heavy atom. The summed E-state index contributed by atoms with van der Waals surface area (Å²) in [4.78, 5) is 104. The molecule has 4 aromatic carbocycles. The Labute approximate surface area is 266 Å². The highest BCUT2D eigenvalue weighted by atomic mass is 16.3. The minimum Gasteiger partial charge on any atom is -0.343 e. The second kappa shape index (κ2) is 12.7. The summed E-state index contributed by atoms with van der Waals surface area (Å²) in [5.41, 5.74) is 1.08. The van der Waals surface area contributed by atoms with Crippen molar-refractivity contribution in [2.75, 3.05) is 39.3 Å². The summed E-state index contributed by atoms with van der Waals surface area (Å²) in [5.74, 6) is -2.22. The zero-order valence-electron chi connectivity index (χ0n) is 24.8. The number of benzene rings is 4. The minimum atomic E-state index is -0.596. The first-order valence-electron chi connectivity index (χ1n) is 14.7. The second-order valence-electron chi connectivity index (χ2n) is 11.1. The number of imide groups is 2. The molecule has 0 bridgehead atoms. The topological polar surface area (TPSA) is 174 Å². The molecule has 0 unspecified atom stereocenters. The van der Waals surface area contributed by atoms with Crippen LogP contribution in [0.3, 0.4) is 0 Å². The third kappa shape index (κ3) is 5.49. The molecule has 14 heteroatoms. The highest BCUT2D eigenvalue weighted by molar-refractivity contribution is 6.27. The summed E-state index contributed by atoms with van der Waals surface area (Å²) >= 11 is 0. The molecule has 0 N–H and O–H groups in total. The fourth-order valence-corrected chi connectivity index (χ4v) is 6.16. The number of nitrogens with zero attached hydrogens (tertiary/aromatic N) is 6. The third-order valence-corrected chi connectivity index (χ3v) is 8.45. The Kier molecular flexibility index (Phi) is 8.31. The second-order valence-corrected chi connectivity index (χ2v) is 11.1. The normalized spacial score (nSPS) is 13.7. The van der Waals surface area contributed by atoms with Gasteiger partial charge in [0.2, 0.25) is 12.8 Å². The summed E-state index contributed by atoms with van der Waals surface area (Å²) < 4.78 is 0. The maximum absolute atomic E-state index is 13.3. The van der Waals surface area contributed by atoms with Crippen molar-refractivity contribution in [3.8, 4) is 0 Å². The first-order chi connectivity index (χ1) is 22.8. The van der Waals surface area contributed by atoms with Gasteiger partial charge in [-0.1, -0.05) is 24.3 Å². The first-order valence-corrected chi connectivity index (χ1v) is 14.7. The average molecular weight is 635 g/mol. The van der Waals surface area contributed by atoms with Crippen molar-refractivity contribution in [2.45, 2.75) is 6.42 Å². The molecule has 6 amide bonds. The van der Waals surface area contributed by atoms with Gasteiger partial charge in [0.1, 0.15) is 11.4 Å². The SMILES string of the molecule is O=CN(CCCN(C=O)CCN1C(=O)c2cccc3cc(N=O)cc(c23)C1=O)CCN1C(=O)c2cccc3cc(N=O)cc(c23)C1=O. The average Bonchev–Trinajstić information content (AvgIpc) is 3.10. The van der Waals surface area contributed by atoms with Gasteiger partial charge in [0, 0.05) is 61.2 Å². The predicted octanol–water partition coefficient (Wildman–Crippen LogP) is 3.99. The van der Waals surface area contributed by atoms with Gasteiger partial charge in [0.25, 0.3) is 23.6 Å². The molecule has 14 nitrogen and oxygen atoms in total. The monoisotopic (exact) mass is 634 g/mol. The quantitative estimate of drug-likeness (QED) is 0.114. The summed E-state index contributed by atoms with van der Waals surface area (Å²) in [6.45, 7) is 0.229. The van der Waals surface area contributed by atoms with Crippen LogP contribution in [0.15, 0.2) is 71.0 Å². The Bertz CT molecular complexity index is 1880. The zero-order chi connectivity index (χ0) is 33.2. The van der Waals surface area contributed by atoms with Gasteiger partial charge in [-0.3, -0.25) is 38.6 Å². The van der Waals surface area contributed by atoms with E-state index in [1.54, 1.807) is 36.4 Å². The van der Waals surface area contributed by atoms with Gasteiger partial charge in [0.05, 0.1) is 11.1 Å². The van der Waals surface area contributed by atoms with E-state index in [1.165, 1.54) is 34.1 Å². The molecule has 2 aliphatic heterocycles. The van der Waals surface area contributed by atoms with Gasteiger partial charge in [-0.05, 0) is 63.9 Å². The lowest BCUT2D eigenvalue weighted by Gasteiger charge is -2.30. The minimum absolute atomic E-state index is 0.0262. The lowest BCUT2D eigenvalue weighted by atomic mass is 9.93. The van der Waals surface area contributed by atoms with E-state index in [4.69, 9.17) is 0 Å². The molecule has 236 valence electrons. The van der Waals surface area contributed by atoms with Crippen LogP contribution in [0.4, 0.5) is 11.4 Å². The smallest absolute Gasteiger partial charge is 0.261 e. The first kappa shape index (κ1) is 30.8. The third-order valence-electron chi connectivity index (χ3n) is 8.45. The van der Waals surface area contributed by atoms with Gasteiger partial charge < -0.3 is 9.80 Å². The summed E-state index contributed by atoms with van der Waals surface area (Å²) in [6, 6.07) is 15.6. The molecule has 0 aromatic heterocycles. The largest absolute Gasteiger partial charge is 0.343 e. The van der Waals surface area contributed by atoms with Crippen LogP contribution in [-0.4, -0.2) is 95.3 Å². The summed E-state index contributed by atoms with van der Waals surface area (Å²) in [6.07, 6.45) is 1.49. The summed E-state index contributed by atoms with van der Waals surface area (Å²) in [5, 5.41) is 7.86. The number of carbonyl (C=O) groups is 6. The van der Waals surface area contributed by atoms with Crippen LogP contribution in [0.25, 0.3) is 21.5 Å². The zero-order valence-corrected chi connectivity index (χ0v) is 24.8. The van der Waals surface area contributed by atoms with E-state index in [0.29, 0.717) is 51.9 Å². The molecule has 0 aliphatic carbocycles. The van der Waals surface area contributed by atoms with Crippen LogP contribution in [-0.2, 0) is 9.59 Å². The number of rotatable bonds is 14. The van der Waals surface area contributed by atoms with E-state index >= 15 is 0 Å². The molecule has 4 aromatic rings. The van der Waals surface area contributed by atoms with Crippen molar-refractivity contribution in [1.82, 2.24) is 19.6 Å². The molecule has 2 aliphatic rings. The molecule has 0 fully saturated rings. The van der Waals surface area contributed by atoms with Crippen molar-refractivity contribution < 1.29 is 28.8 Å². The van der Waals surface area contributed by atoms with Gasteiger partial charge >= 0.3 is 0 Å². The van der Waals surface area contributed by atoms with Crippen LogP contribution < -0.4 is 0 Å². The molecule has 0 saturated carbocycles. The number of nitroso groups, excluding NO2 is 2. The fourth-order valence-electron chi connectivity index (χ4n) is 6.16. The van der Waals surface area contributed by atoms with Crippen LogP contribution in [0.1, 0.15) is 47.9 Å². The Hall–Kier alpha value is -6.18. The van der Waals surface area contributed by atoms with Crippen molar-refractivity contribution in [3.63, 3.8) is 0 Å². The Morgan fingerprint density at radius 1 is 0.553 bits per heavy atom. The number of carbonyl (C=O) groups excluding carboxylic acids is 6. The molecule has 6 rings (SSSR count). The van der Waals surface area contributed by atoms with Crippen LogP contribution in [0.5, 0.6) is 0 Å². The highest BCUT2D eigenvalue weighted by Crippen LogP contribution is 2.35. The van der Waals surface area contributed by atoms with Crippen molar-refractivity contribution in [1.29, 1.82) is 0 Å².